The summed E-state index contributed by atoms with van der Waals surface area (Å²) in [7, 11) is 1.30. The Kier molecular flexibility index (Phi) is 12.1. The average molecular weight is 766 g/mol. The number of hydrogen-bond donors (Lipinski definition) is 1. The molecule has 0 aliphatic carbocycles. The van der Waals surface area contributed by atoms with Crippen molar-refractivity contribution in [1.29, 1.82) is 0 Å². The summed E-state index contributed by atoms with van der Waals surface area (Å²) >= 11 is 13.9. The van der Waals surface area contributed by atoms with E-state index in [-0.39, 0.29) is 37.9 Å². The molecule has 12 nitrogen and oxygen atoms in total. The topological polar surface area (TPSA) is 155 Å². The van der Waals surface area contributed by atoms with E-state index in [1.165, 1.54) is 13.2 Å². The van der Waals surface area contributed by atoms with Crippen LogP contribution in [0.15, 0.2) is 63.2 Å². The van der Waals surface area contributed by atoms with Gasteiger partial charge in [-0.15, -0.1) is 11.8 Å². The minimum Gasteiger partial charge on any atom is -0.477 e. The summed E-state index contributed by atoms with van der Waals surface area (Å²) < 4.78 is 65.2. The Bertz CT molecular complexity index is 2050. The van der Waals surface area contributed by atoms with Gasteiger partial charge >= 0.3 is 23.0 Å². The fraction of sp³-hybridized carbons (Fsp3) is 0.241. The Morgan fingerprint density at radius 3 is 2.39 bits per heavy atom. The molecular formula is C29H22Cl2F4N4O8S2. The Balaban J connectivity index is 0.000000221. The molecule has 2 heterocycles. The number of alkyl halides is 3. The number of ether oxygens (including phenoxy) is 2. The van der Waals surface area contributed by atoms with Crippen LogP contribution in [0.3, 0.4) is 0 Å². The minimum atomic E-state index is -4.58. The number of nitro benzene ring substituents is 1. The second-order valence-electron chi connectivity index (χ2n) is 9.80. The summed E-state index contributed by atoms with van der Waals surface area (Å²) in [5.41, 5.74) is -2.16. The summed E-state index contributed by atoms with van der Waals surface area (Å²) in [5, 5.41) is 19.6. The van der Waals surface area contributed by atoms with Crippen LogP contribution in [0, 0.1) is 15.9 Å². The minimum absolute atomic E-state index is 0.0605. The SMILES string of the molecule is COC(=O)CSc1cc(N=c2sc(=O)n3n2CCCC3)c(F)cc1Cl.O=C(O)c1cc(Oc2ccc(C(F)(F)F)cc2Cl)ccc1[N+](=O)[O-]. The van der Waals surface area contributed by atoms with Crippen molar-refractivity contribution in [2.75, 3.05) is 12.9 Å². The molecule has 0 saturated heterocycles. The number of benzene rings is 3. The maximum absolute atomic E-state index is 14.3. The molecule has 4 aromatic rings. The van der Waals surface area contributed by atoms with Crippen LogP contribution in [-0.2, 0) is 28.8 Å². The molecule has 0 fully saturated rings. The van der Waals surface area contributed by atoms with Crippen molar-refractivity contribution in [2.45, 2.75) is 37.0 Å². The van der Waals surface area contributed by atoms with Crippen molar-refractivity contribution >= 4 is 69.6 Å². The van der Waals surface area contributed by atoms with E-state index in [0.717, 1.165) is 72.3 Å². The lowest BCUT2D eigenvalue weighted by Gasteiger charge is -2.15. The highest BCUT2D eigenvalue weighted by Gasteiger charge is 2.31. The van der Waals surface area contributed by atoms with Gasteiger partial charge in [-0.1, -0.05) is 23.2 Å². The monoisotopic (exact) mass is 764 g/mol. The van der Waals surface area contributed by atoms with Crippen LogP contribution in [0.4, 0.5) is 28.9 Å². The number of aromatic nitrogens is 2. The summed E-state index contributed by atoms with van der Waals surface area (Å²) in [6.45, 7) is 1.32. The summed E-state index contributed by atoms with van der Waals surface area (Å²) in [5.74, 6) is -2.76. The third-order valence-corrected chi connectivity index (χ3v) is 9.18. The number of nitrogens with zero attached hydrogens (tertiary/aromatic N) is 4. The van der Waals surface area contributed by atoms with Crippen molar-refractivity contribution in [3.8, 4) is 11.5 Å². The largest absolute Gasteiger partial charge is 0.477 e. The molecule has 0 bridgehead atoms. The van der Waals surface area contributed by atoms with E-state index in [9.17, 15) is 42.1 Å². The number of aromatic carboxylic acids is 1. The summed E-state index contributed by atoms with van der Waals surface area (Å²) in [6, 6.07) is 7.91. The molecule has 0 amide bonds. The first-order valence-corrected chi connectivity index (χ1v) is 16.2. The number of halogens is 6. The van der Waals surface area contributed by atoms with Gasteiger partial charge in [-0.05, 0) is 60.6 Å². The molecule has 0 spiro atoms. The van der Waals surface area contributed by atoms with Crippen molar-refractivity contribution in [2.24, 2.45) is 4.99 Å². The van der Waals surface area contributed by atoms with Crippen LogP contribution in [-0.4, -0.2) is 44.2 Å². The number of nitro groups is 1. The predicted octanol–water partition coefficient (Wildman–Crippen LogP) is 7.55. The van der Waals surface area contributed by atoms with E-state index >= 15 is 0 Å². The van der Waals surface area contributed by atoms with Crippen LogP contribution in [0.2, 0.25) is 10.0 Å². The Morgan fingerprint density at radius 2 is 1.78 bits per heavy atom. The number of carboxylic acid groups (broad SMARTS) is 1. The molecule has 260 valence electrons. The number of carbonyl (C=O) groups is 2. The smallest absolute Gasteiger partial charge is 0.416 e. The van der Waals surface area contributed by atoms with E-state index in [2.05, 4.69) is 9.73 Å². The second kappa shape index (κ2) is 15.9. The first-order chi connectivity index (χ1) is 23.1. The van der Waals surface area contributed by atoms with Crippen LogP contribution in [0.25, 0.3) is 0 Å². The van der Waals surface area contributed by atoms with Crippen LogP contribution < -0.4 is 14.4 Å². The lowest BCUT2D eigenvalue weighted by molar-refractivity contribution is -0.385. The van der Waals surface area contributed by atoms with Gasteiger partial charge < -0.3 is 14.6 Å². The zero-order valence-electron chi connectivity index (χ0n) is 24.8. The van der Waals surface area contributed by atoms with Gasteiger partial charge in [0.05, 0.1) is 33.4 Å². The molecule has 0 atom stereocenters. The van der Waals surface area contributed by atoms with Crippen molar-refractivity contribution < 1.29 is 46.7 Å². The number of rotatable bonds is 8. The van der Waals surface area contributed by atoms with Crippen LogP contribution in [0.5, 0.6) is 11.5 Å². The predicted molar refractivity (Wildman–Crippen MR) is 172 cm³/mol. The van der Waals surface area contributed by atoms with E-state index in [1.54, 1.807) is 9.36 Å². The molecule has 49 heavy (non-hydrogen) atoms. The molecule has 3 aromatic carbocycles. The molecule has 0 saturated carbocycles. The van der Waals surface area contributed by atoms with Gasteiger partial charge in [0.15, 0.2) is 0 Å². The van der Waals surface area contributed by atoms with Crippen molar-refractivity contribution in [3.63, 3.8) is 0 Å². The van der Waals surface area contributed by atoms with Crippen molar-refractivity contribution in [3.05, 3.63) is 100 Å². The molecule has 1 aliphatic rings. The normalized spacial score (nSPS) is 12.8. The van der Waals surface area contributed by atoms with E-state index < -0.39 is 45.7 Å². The molecule has 5 rings (SSSR count). The molecular weight excluding hydrogens is 743 g/mol. The number of carbonyl (C=O) groups excluding carboxylic acids is 1. The fourth-order valence-electron chi connectivity index (χ4n) is 4.23. The maximum atomic E-state index is 14.3. The van der Waals surface area contributed by atoms with Gasteiger partial charge in [-0.25, -0.2) is 18.9 Å². The van der Waals surface area contributed by atoms with Gasteiger partial charge in [-0.2, -0.15) is 13.2 Å². The quantitative estimate of drug-likeness (QED) is 0.0629. The second-order valence-corrected chi connectivity index (χ2v) is 12.6. The molecule has 1 N–H and O–H groups in total. The highest BCUT2D eigenvalue weighted by molar-refractivity contribution is 8.00. The number of esters is 1. The Morgan fingerprint density at radius 1 is 1.08 bits per heavy atom. The molecule has 1 aliphatic heterocycles. The maximum Gasteiger partial charge on any atom is 0.416 e. The third kappa shape index (κ3) is 9.40. The fourth-order valence-corrected chi connectivity index (χ4v) is 6.43. The van der Waals surface area contributed by atoms with Crippen LogP contribution >= 0.6 is 46.3 Å². The summed E-state index contributed by atoms with van der Waals surface area (Å²) in [4.78, 5) is 49.4. The average Bonchev–Trinajstić information content (AvgIpc) is 3.36. The first-order valence-electron chi connectivity index (χ1n) is 13.7. The van der Waals surface area contributed by atoms with Gasteiger partial charge in [0.1, 0.15) is 28.6 Å². The summed E-state index contributed by atoms with van der Waals surface area (Å²) in [6.07, 6.45) is -2.68. The standard InChI is InChI=1S/C15H15ClFN3O3S2.C14H7ClF3NO5/c1-23-13(21)8-24-12-7-11(10(17)6-9(12)16)18-14-19-4-2-3-5-20(19)15(22)25-14;15-10-5-7(14(16,17)18)1-4-12(10)24-8-2-3-11(19(22)23)9(6-8)13(20)21/h6-7H,2-5,8H2,1H3;1-6H,(H,20,21). The first kappa shape index (κ1) is 37.4. The molecule has 1 aromatic heterocycles. The highest BCUT2D eigenvalue weighted by atomic mass is 35.5. The lowest BCUT2D eigenvalue weighted by atomic mass is 10.1. The van der Waals surface area contributed by atoms with Crippen LogP contribution in [0.1, 0.15) is 28.8 Å². The van der Waals surface area contributed by atoms with E-state index in [0.29, 0.717) is 28.9 Å². The molecule has 0 unspecified atom stereocenters. The van der Waals surface area contributed by atoms with Gasteiger partial charge in [0.25, 0.3) is 5.69 Å². The van der Waals surface area contributed by atoms with E-state index in [4.69, 9.17) is 33.0 Å². The number of hydrogen-bond acceptors (Lipinski definition) is 10. The zero-order chi connectivity index (χ0) is 36.0. The van der Waals surface area contributed by atoms with Crippen molar-refractivity contribution in [1.82, 2.24) is 9.36 Å². The van der Waals surface area contributed by atoms with Gasteiger partial charge in [-0.3, -0.25) is 24.4 Å². The number of methoxy groups -OCH3 is 1. The van der Waals surface area contributed by atoms with E-state index in [1.807, 2.05) is 0 Å². The third-order valence-electron chi connectivity index (χ3n) is 6.56. The molecule has 20 heteroatoms. The van der Waals surface area contributed by atoms with Gasteiger partial charge in [0, 0.05) is 30.1 Å². The number of fused-ring (bicyclic) bond motifs is 1. The highest BCUT2D eigenvalue weighted by Crippen LogP contribution is 2.37. The zero-order valence-corrected chi connectivity index (χ0v) is 28.0. The number of carboxylic acids is 1. The van der Waals surface area contributed by atoms with Gasteiger partial charge in [0.2, 0.25) is 4.80 Å². The number of thioether (sulfide) groups is 1. The lowest BCUT2D eigenvalue weighted by Crippen LogP contribution is -2.31. The Hall–Kier alpha value is -4.39. The Labute approximate surface area is 291 Å². The molecule has 0 radical (unpaired) electrons.